The summed E-state index contributed by atoms with van der Waals surface area (Å²) in [4.78, 5) is 24.3. The van der Waals surface area contributed by atoms with Crippen LogP contribution in [0.15, 0.2) is 97.2 Å². The second kappa shape index (κ2) is 44.2. The van der Waals surface area contributed by atoms with Crippen LogP contribution in [-0.4, -0.2) is 36.4 Å². The van der Waals surface area contributed by atoms with Crippen LogP contribution in [0.1, 0.15) is 181 Å². The van der Waals surface area contributed by atoms with Gasteiger partial charge in [0.05, 0.1) is 6.61 Å². The summed E-state index contributed by atoms with van der Waals surface area (Å²) >= 11 is 0. The molecule has 0 bridgehead atoms. The summed E-state index contributed by atoms with van der Waals surface area (Å²) in [7, 11) is 0. The Morgan fingerprint density at radius 3 is 1.26 bits per heavy atom. The average molecular weight is 749 g/mol. The van der Waals surface area contributed by atoms with Crippen molar-refractivity contribution in [3.05, 3.63) is 97.2 Å². The molecule has 0 radical (unpaired) electrons. The van der Waals surface area contributed by atoms with Crippen LogP contribution in [0.5, 0.6) is 0 Å². The minimum absolute atomic E-state index is 0.0985. The average Bonchev–Trinajstić information content (AvgIpc) is 3.17. The lowest BCUT2D eigenvalue weighted by Crippen LogP contribution is -2.28. The monoisotopic (exact) mass is 749 g/mol. The first-order valence-electron chi connectivity index (χ1n) is 21.8. The molecule has 0 fully saturated rings. The number of hydrogen-bond acceptors (Lipinski definition) is 5. The maximum Gasteiger partial charge on any atom is 0.306 e. The Hall–Kier alpha value is -3.18. The molecule has 306 valence electrons. The van der Waals surface area contributed by atoms with E-state index in [9.17, 15) is 14.7 Å². The molecular weight excluding hydrogens is 669 g/mol. The molecular formula is C49H80O5. The summed E-state index contributed by atoms with van der Waals surface area (Å²) in [5.41, 5.74) is 0. The summed E-state index contributed by atoms with van der Waals surface area (Å²) in [6, 6.07) is 0. The largest absolute Gasteiger partial charge is 0.462 e. The summed E-state index contributed by atoms with van der Waals surface area (Å²) < 4.78 is 10.6. The van der Waals surface area contributed by atoms with Gasteiger partial charge in [-0.25, -0.2) is 0 Å². The van der Waals surface area contributed by atoms with Crippen molar-refractivity contribution in [1.82, 2.24) is 0 Å². The van der Waals surface area contributed by atoms with Gasteiger partial charge in [0.2, 0.25) is 0 Å². The van der Waals surface area contributed by atoms with E-state index in [1.54, 1.807) is 0 Å². The van der Waals surface area contributed by atoms with E-state index >= 15 is 0 Å². The number of unbranched alkanes of at least 4 members (excludes halogenated alkanes) is 14. The van der Waals surface area contributed by atoms with Gasteiger partial charge in [-0.15, -0.1) is 0 Å². The summed E-state index contributed by atoms with van der Waals surface area (Å²) in [6.07, 6.45) is 61.9. The highest BCUT2D eigenvalue weighted by atomic mass is 16.6. The molecule has 0 amide bonds. The molecule has 0 saturated carbocycles. The number of rotatable bonds is 38. The minimum atomic E-state index is -0.811. The predicted molar refractivity (Wildman–Crippen MR) is 232 cm³/mol. The number of hydrogen-bond donors (Lipinski definition) is 1. The molecule has 1 unspecified atom stereocenters. The Morgan fingerprint density at radius 1 is 0.444 bits per heavy atom. The predicted octanol–water partition coefficient (Wildman–Crippen LogP) is 14.1. The van der Waals surface area contributed by atoms with Crippen molar-refractivity contribution in [2.24, 2.45) is 0 Å². The molecule has 1 N–H and O–H groups in total. The fourth-order valence-electron chi connectivity index (χ4n) is 5.60. The first-order chi connectivity index (χ1) is 26.6. The van der Waals surface area contributed by atoms with Crippen LogP contribution >= 0.6 is 0 Å². The zero-order valence-electron chi connectivity index (χ0n) is 34.7. The van der Waals surface area contributed by atoms with Gasteiger partial charge in [0, 0.05) is 12.8 Å². The zero-order valence-corrected chi connectivity index (χ0v) is 34.7. The van der Waals surface area contributed by atoms with Crippen molar-refractivity contribution < 1.29 is 24.2 Å². The van der Waals surface area contributed by atoms with Crippen LogP contribution in [0.3, 0.4) is 0 Å². The van der Waals surface area contributed by atoms with Crippen molar-refractivity contribution in [3.63, 3.8) is 0 Å². The van der Waals surface area contributed by atoms with Gasteiger partial charge in [0.25, 0.3) is 0 Å². The van der Waals surface area contributed by atoms with Gasteiger partial charge in [0.1, 0.15) is 6.61 Å². The number of esters is 2. The second-order valence-corrected chi connectivity index (χ2v) is 14.0. The topological polar surface area (TPSA) is 72.8 Å². The van der Waals surface area contributed by atoms with Gasteiger partial charge >= 0.3 is 11.9 Å². The van der Waals surface area contributed by atoms with E-state index in [1.165, 1.54) is 70.6 Å². The summed E-state index contributed by atoms with van der Waals surface area (Å²) in [6.45, 7) is 3.95. The van der Waals surface area contributed by atoms with Crippen molar-refractivity contribution in [1.29, 1.82) is 0 Å². The maximum atomic E-state index is 12.2. The lowest BCUT2D eigenvalue weighted by atomic mass is 10.1. The molecule has 0 rings (SSSR count). The fourth-order valence-corrected chi connectivity index (χ4v) is 5.60. The van der Waals surface area contributed by atoms with Crippen LogP contribution in [0.4, 0.5) is 0 Å². The standard InChI is InChI=1S/C49H80O5/c1-3-5-7-9-11-13-15-17-19-21-22-23-24-25-26-28-29-31-33-35-37-39-41-43-48(51)53-46-47(45-50)54-49(52)44-42-40-38-36-34-32-30-27-20-18-16-14-12-10-8-6-4-2/h6,8,12,14-15,17-18,20-22,24-25,30,32,36,38,47,50H,3-5,7,9-11,13,16,19,23,26-29,31,33-35,37,39-46H2,1-2H3/b8-6-,14-12-,17-15-,20-18-,22-21-,25-24-,32-30-,38-36-. The summed E-state index contributed by atoms with van der Waals surface area (Å²) in [5, 5.41) is 9.57. The smallest absolute Gasteiger partial charge is 0.306 e. The normalized spacial score (nSPS) is 13.2. The van der Waals surface area contributed by atoms with E-state index in [2.05, 4.69) is 111 Å². The molecule has 0 aromatic rings. The van der Waals surface area contributed by atoms with Gasteiger partial charge in [-0.3, -0.25) is 9.59 Å². The maximum absolute atomic E-state index is 12.2. The van der Waals surface area contributed by atoms with Gasteiger partial charge in [-0.1, -0.05) is 175 Å². The lowest BCUT2D eigenvalue weighted by Gasteiger charge is -2.15. The van der Waals surface area contributed by atoms with E-state index < -0.39 is 6.10 Å². The first kappa shape index (κ1) is 50.8. The lowest BCUT2D eigenvalue weighted by molar-refractivity contribution is -0.161. The molecule has 0 aliphatic carbocycles. The highest BCUT2D eigenvalue weighted by Crippen LogP contribution is 2.12. The van der Waals surface area contributed by atoms with E-state index in [4.69, 9.17) is 9.47 Å². The van der Waals surface area contributed by atoms with E-state index in [0.29, 0.717) is 12.8 Å². The van der Waals surface area contributed by atoms with Crippen LogP contribution in [0.2, 0.25) is 0 Å². The van der Waals surface area contributed by atoms with Gasteiger partial charge < -0.3 is 14.6 Å². The van der Waals surface area contributed by atoms with Crippen molar-refractivity contribution in [2.45, 2.75) is 187 Å². The highest BCUT2D eigenvalue weighted by Gasteiger charge is 2.15. The highest BCUT2D eigenvalue weighted by molar-refractivity contribution is 5.70. The number of aliphatic hydroxyl groups excluding tert-OH is 1. The van der Waals surface area contributed by atoms with E-state index in [0.717, 1.165) is 77.0 Å². The van der Waals surface area contributed by atoms with Crippen LogP contribution in [0, 0.1) is 0 Å². The van der Waals surface area contributed by atoms with E-state index in [1.807, 2.05) is 0 Å². The third-order valence-electron chi connectivity index (χ3n) is 8.86. The van der Waals surface area contributed by atoms with Gasteiger partial charge in [-0.05, 0) is 89.9 Å². The fraction of sp³-hybridized carbons (Fsp3) is 0.633. The molecule has 5 nitrogen and oxygen atoms in total. The molecule has 0 aromatic heterocycles. The minimum Gasteiger partial charge on any atom is -0.462 e. The number of ether oxygens (including phenoxy) is 2. The Labute approximate surface area is 332 Å². The molecule has 0 saturated heterocycles. The molecule has 1 atom stereocenters. The molecule has 0 aliphatic rings. The molecule has 0 aromatic carbocycles. The number of allylic oxidation sites excluding steroid dienone is 16. The zero-order chi connectivity index (χ0) is 39.3. The Morgan fingerprint density at radius 2 is 0.815 bits per heavy atom. The molecule has 0 spiro atoms. The van der Waals surface area contributed by atoms with Crippen LogP contribution in [-0.2, 0) is 19.1 Å². The molecule has 54 heavy (non-hydrogen) atoms. The Bertz CT molecular complexity index is 1070. The van der Waals surface area contributed by atoms with Crippen LogP contribution < -0.4 is 0 Å². The van der Waals surface area contributed by atoms with Gasteiger partial charge in [-0.2, -0.15) is 0 Å². The first-order valence-corrected chi connectivity index (χ1v) is 21.8. The van der Waals surface area contributed by atoms with Crippen LogP contribution in [0.25, 0.3) is 0 Å². The van der Waals surface area contributed by atoms with Crippen molar-refractivity contribution in [2.75, 3.05) is 13.2 Å². The Kier molecular flexibility index (Phi) is 41.6. The quantitative estimate of drug-likeness (QED) is 0.0387. The summed E-state index contributed by atoms with van der Waals surface area (Å²) in [5.74, 6) is -0.675. The van der Waals surface area contributed by atoms with E-state index in [-0.39, 0.29) is 31.6 Å². The molecule has 0 aliphatic heterocycles. The van der Waals surface area contributed by atoms with Crippen molar-refractivity contribution >= 4 is 11.9 Å². The third-order valence-corrected chi connectivity index (χ3v) is 8.86. The SMILES string of the molecule is CC/C=C\C/C=C\C/C=C\C/C=C\C/C=C\CCCC(=O)OC(CO)COC(=O)CCCCCCCCCC/C=C\C/C=C\C/C=C\CCCCCCC. The third kappa shape index (κ3) is 41.6. The molecule has 5 heteroatoms. The number of carbonyl (C=O) groups is 2. The second-order valence-electron chi connectivity index (χ2n) is 14.0. The molecule has 0 heterocycles. The van der Waals surface area contributed by atoms with Gasteiger partial charge in [0.15, 0.2) is 6.10 Å². The van der Waals surface area contributed by atoms with Crippen molar-refractivity contribution in [3.8, 4) is 0 Å². The Balaban J connectivity index is 3.66. The number of aliphatic hydroxyl groups is 1. The number of carbonyl (C=O) groups excluding carboxylic acids is 2.